The fourth-order valence-electron chi connectivity index (χ4n) is 3.84. The highest BCUT2D eigenvalue weighted by atomic mass is 19.2. The number of anilines is 1. The molecular weight excluding hydrogens is 340 g/mol. The summed E-state index contributed by atoms with van der Waals surface area (Å²) in [6.45, 7) is 1.42. The zero-order valence-corrected chi connectivity index (χ0v) is 14.0. The Morgan fingerprint density at radius 2 is 2.00 bits per heavy atom. The van der Waals surface area contributed by atoms with Crippen molar-refractivity contribution in [2.24, 2.45) is 5.41 Å². The normalized spacial score (nSPS) is 22.5. The van der Waals surface area contributed by atoms with E-state index in [2.05, 4.69) is 4.98 Å². The summed E-state index contributed by atoms with van der Waals surface area (Å²) in [7, 11) is 0. The highest BCUT2D eigenvalue weighted by Gasteiger charge is 2.49. The number of halogens is 2. The van der Waals surface area contributed by atoms with Crippen molar-refractivity contribution in [3.63, 3.8) is 0 Å². The van der Waals surface area contributed by atoms with Gasteiger partial charge < -0.3 is 9.80 Å². The molecule has 2 aliphatic rings. The zero-order chi connectivity index (χ0) is 18.3. The summed E-state index contributed by atoms with van der Waals surface area (Å²) in [6.07, 6.45) is 4.13. The number of amides is 2. The number of likely N-dealkylation sites (tertiary alicyclic amines) is 1. The summed E-state index contributed by atoms with van der Waals surface area (Å²) in [6, 6.07) is 6.90. The molecule has 0 saturated carbocycles. The number of nitrogens with zero attached hydrogens (tertiary/aromatic N) is 3. The van der Waals surface area contributed by atoms with Gasteiger partial charge in [0.1, 0.15) is 0 Å². The SMILES string of the molecule is O=C(c1cccnc1)N1CC[C@]2(CC(=O)N(c3ccc(F)c(F)c3)C2)C1. The zero-order valence-electron chi connectivity index (χ0n) is 14.0. The van der Waals surface area contributed by atoms with E-state index in [-0.39, 0.29) is 17.2 Å². The minimum Gasteiger partial charge on any atom is -0.338 e. The summed E-state index contributed by atoms with van der Waals surface area (Å²) >= 11 is 0. The molecule has 0 N–H and O–H groups in total. The maximum absolute atomic E-state index is 13.5. The first-order valence-electron chi connectivity index (χ1n) is 8.42. The monoisotopic (exact) mass is 357 g/mol. The van der Waals surface area contributed by atoms with Gasteiger partial charge in [-0.1, -0.05) is 0 Å². The number of carbonyl (C=O) groups is 2. The quantitative estimate of drug-likeness (QED) is 0.830. The molecule has 0 bridgehead atoms. The summed E-state index contributed by atoms with van der Waals surface area (Å²) in [4.78, 5) is 32.3. The molecule has 1 aromatic carbocycles. The topological polar surface area (TPSA) is 53.5 Å². The van der Waals surface area contributed by atoms with Gasteiger partial charge in [0.25, 0.3) is 5.91 Å². The Hall–Kier alpha value is -2.83. The number of rotatable bonds is 2. The van der Waals surface area contributed by atoms with E-state index in [4.69, 9.17) is 0 Å². The fourth-order valence-corrected chi connectivity index (χ4v) is 3.84. The average Bonchev–Trinajstić information content (AvgIpc) is 3.20. The second kappa shape index (κ2) is 6.16. The van der Waals surface area contributed by atoms with Crippen LogP contribution >= 0.6 is 0 Å². The Balaban J connectivity index is 1.51. The molecule has 1 atom stereocenters. The first kappa shape index (κ1) is 16.6. The van der Waals surface area contributed by atoms with Gasteiger partial charge in [-0.2, -0.15) is 0 Å². The molecule has 4 rings (SSSR count). The minimum atomic E-state index is -0.976. The Morgan fingerprint density at radius 3 is 2.73 bits per heavy atom. The third kappa shape index (κ3) is 2.83. The minimum absolute atomic E-state index is 0.103. The Morgan fingerprint density at radius 1 is 1.15 bits per heavy atom. The predicted molar refractivity (Wildman–Crippen MR) is 90.5 cm³/mol. The van der Waals surface area contributed by atoms with Crippen molar-refractivity contribution in [2.45, 2.75) is 12.8 Å². The number of aromatic nitrogens is 1. The van der Waals surface area contributed by atoms with Crippen molar-refractivity contribution in [3.8, 4) is 0 Å². The largest absolute Gasteiger partial charge is 0.338 e. The van der Waals surface area contributed by atoms with Crippen molar-refractivity contribution in [2.75, 3.05) is 24.5 Å². The van der Waals surface area contributed by atoms with Crippen LogP contribution in [0.2, 0.25) is 0 Å². The van der Waals surface area contributed by atoms with Crippen LogP contribution in [0.5, 0.6) is 0 Å². The lowest BCUT2D eigenvalue weighted by molar-refractivity contribution is -0.117. The number of pyridine rings is 1. The molecule has 5 nitrogen and oxygen atoms in total. The van der Waals surface area contributed by atoms with Crippen LogP contribution in [0.1, 0.15) is 23.2 Å². The van der Waals surface area contributed by atoms with Gasteiger partial charge in [-0.25, -0.2) is 8.78 Å². The Kier molecular flexibility index (Phi) is 3.94. The van der Waals surface area contributed by atoms with Gasteiger partial charge in [-0.05, 0) is 30.7 Å². The third-order valence-corrected chi connectivity index (χ3v) is 5.17. The van der Waals surface area contributed by atoms with Crippen LogP contribution in [-0.2, 0) is 4.79 Å². The van der Waals surface area contributed by atoms with Crippen LogP contribution < -0.4 is 4.90 Å². The average molecular weight is 357 g/mol. The third-order valence-electron chi connectivity index (χ3n) is 5.17. The molecule has 2 aliphatic heterocycles. The van der Waals surface area contributed by atoms with Gasteiger partial charge in [-0.3, -0.25) is 14.6 Å². The van der Waals surface area contributed by atoms with Gasteiger partial charge in [0.05, 0.1) is 5.56 Å². The lowest BCUT2D eigenvalue weighted by Gasteiger charge is -2.24. The van der Waals surface area contributed by atoms with E-state index in [1.165, 1.54) is 17.2 Å². The maximum atomic E-state index is 13.5. The molecule has 26 heavy (non-hydrogen) atoms. The first-order valence-corrected chi connectivity index (χ1v) is 8.42. The highest BCUT2D eigenvalue weighted by Crippen LogP contribution is 2.42. The van der Waals surface area contributed by atoms with Gasteiger partial charge >= 0.3 is 0 Å². The van der Waals surface area contributed by atoms with Crippen molar-refractivity contribution < 1.29 is 18.4 Å². The van der Waals surface area contributed by atoms with E-state index >= 15 is 0 Å². The van der Waals surface area contributed by atoms with Crippen molar-refractivity contribution in [3.05, 3.63) is 59.9 Å². The van der Waals surface area contributed by atoms with E-state index in [1.54, 1.807) is 23.2 Å². The summed E-state index contributed by atoms with van der Waals surface area (Å²) in [5.41, 5.74) is 0.522. The van der Waals surface area contributed by atoms with Gasteiger partial charge in [-0.15, -0.1) is 0 Å². The van der Waals surface area contributed by atoms with Gasteiger partial charge in [0.15, 0.2) is 11.6 Å². The molecule has 7 heteroatoms. The van der Waals surface area contributed by atoms with E-state index in [0.717, 1.165) is 12.1 Å². The number of hydrogen-bond acceptors (Lipinski definition) is 3. The number of hydrogen-bond donors (Lipinski definition) is 0. The lowest BCUT2D eigenvalue weighted by Crippen LogP contribution is -2.34. The first-order chi connectivity index (χ1) is 12.5. The molecular formula is C19H17F2N3O2. The lowest BCUT2D eigenvalue weighted by atomic mass is 9.86. The smallest absolute Gasteiger partial charge is 0.255 e. The Bertz CT molecular complexity index is 874. The maximum Gasteiger partial charge on any atom is 0.255 e. The standard InChI is InChI=1S/C19H17F2N3O2/c20-15-4-3-14(8-16(15)21)24-12-19(9-17(24)25)5-7-23(11-19)18(26)13-2-1-6-22-10-13/h1-4,6,8,10H,5,7,9,11-12H2/t19-/m0/s1. The summed E-state index contributed by atoms with van der Waals surface area (Å²) in [5, 5.41) is 0. The molecule has 0 unspecified atom stereocenters. The molecule has 2 amide bonds. The van der Waals surface area contributed by atoms with E-state index < -0.39 is 11.6 Å². The van der Waals surface area contributed by atoms with Crippen LogP contribution in [0.15, 0.2) is 42.7 Å². The van der Waals surface area contributed by atoms with Gasteiger partial charge in [0.2, 0.25) is 5.91 Å². The molecule has 134 valence electrons. The molecule has 2 saturated heterocycles. The van der Waals surface area contributed by atoms with Crippen molar-refractivity contribution in [1.29, 1.82) is 0 Å². The van der Waals surface area contributed by atoms with Crippen LogP contribution in [0.3, 0.4) is 0 Å². The van der Waals surface area contributed by atoms with E-state index in [1.807, 2.05) is 0 Å². The van der Waals surface area contributed by atoms with Crippen LogP contribution in [0, 0.1) is 17.0 Å². The number of benzene rings is 1. The molecule has 3 heterocycles. The molecule has 1 spiro atoms. The second-order valence-electron chi connectivity index (χ2n) is 6.97. The van der Waals surface area contributed by atoms with Crippen LogP contribution in [-0.4, -0.2) is 41.3 Å². The van der Waals surface area contributed by atoms with Crippen molar-refractivity contribution >= 4 is 17.5 Å². The van der Waals surface area contributed by atoms with Crippen molar-refractivity contribution in [1.82, 2.24) is 9.88 Å². The highest BCUT2D eigenvalue weighted by molar-refractivity contribution is 5.97. The summed E-state index contributed by atoms with van der Waals surface area (Å²) in [5.74, 6) is -2.15. The molecule has 2 aromatic rings. The predicted octanol–water partition coefficient (Wildman–Crippen LogP) is 2.63. The van der Waals surface area contributed by atoms with Gasteiger partial charge in [0, 0.05) is 55.6 Å². The Labute approximate surface area is 149 Å². The van der Waals surface area contributed by atoms with Crippen LogP contribution in [0.25, 0.3) is 0 Å². The molecule has 1 aromatic heterocycles. The second-order valence-corrected chi connectivity index (χ2v) is 6.97. The molecule has 0 radical (unpaired) electrons. The van der Waals surface area contributed by atoms with Crippen LogP contribution in [0.4, 0.5) is 14.5 Å². The van der Waals surface area contributed by atoms with E-state index in [0.29, 0.717) is 43.7 Å². The fraction of sp³-hybridized carbons (Fsp3) is 0.316. The molecule has 0 aliphatic carbocycles. The molecule has 2 fully saturated rings. The van der Waals surface area contributed by atoms with E-state index in [9.17, 15) is 18.4 Å². The number of carbonyl (C=O) groups excluding carboxylic acids is 2. The summed E-state index contributed by atoms with van der Waals surface area (Å²) < 4.78 is 26.7.